The van der Waals surface area contributed by atoms with Gasteiger partial charge in [0.1, 0.15) is 11.5 Å². The van der Waals surface area contributed by atoms with E-state index in [-0.39, 0.29) is 17.1 Å². The Morgan fingerprint density at radius 1 is 0.900 bits per heavy atom. The van der Waals surface area contributed by atoms with Gasteiger partial charge in [-0.25, -0.2) is 10.3 Å². The van der Waals surface area contributed by atoms with E-state index in [9.17, 15) is 19.8 Å². The van der Waals surface area contributed by atoms with Gasteiger partial charge in [0.25, 0.3) is 5.91 Å². The zero-order chi connectivity index (χ0) is 21.3. The molecule has 0 aliphatic heterocycles. The first kappa shape index (κ1) is 20.3. The molecular formula is C22H17N3O5. The van der Waals surface area contributed by atoms with E-state index < -0.39 is 11.9 Å². The average Bonchev–Trinajstić information content (AvgIpc) is 2.75. The predicted molar refractivity (Wildman–Crippen MR) is 110 cm³/mol. The summed E-state index contributed by atoms with van der Waals surface area (Å²) in [6.45, 7) is 0. The second-order valence-electron chi connectivity index (χ2n) is 6.06. The minimum absolute atomic E-state index is 0.00464. The normalized spacial score (nSPS) is 10.9. The highest BCUT2D eigenvalue weighted by molar-refractivity contribution is 5.95. The Balaban J connectivity index is 1.53. The van der Waals surface area contributed by atoms with Crippen molar-refractivity contribution >= 4 is 29.3 Å². The van der Waals surface area contributed by atoms with Gasteiger partial charge in [0, 0.05) is 12.1 Å². The molecule has 0 atom stereocenters. The van der Waals surface area contributed by atoms with Crippen LogP contribution in [0.4, 0.5) is 11.4 Å². The van der Waals surface area contributed by atoms with Crippen LogP contribution in [0.25, 0.3) is 6.08 Å². The first-order valence-corrected chi connectivity index (χ1v) is 8.79. The third kappa shape index (κ3) is 6.03. The number of phenolic OH excluding ortho intramolecular Hbond substituents is 2. The number of rotatable bonds is 6. The molecule has 0 aliphatic rings. The monoisotopic (exact) mass is 403 g/mol. The molecule has 8 nitrogen and oxygen atoms in total. The number of benzene rings is 3. The maximum atomic E-state index is 12.0. The standard InChI is InChI=1S/C22H17N3O5/c26-19-12-16(13-20(27)14-19)22(29)24-23-17-7-9-18(10-8-17)25-30-21(28)11-6-15-4-2-1-3-5-15/h1-14,25-27H. The third-order valence-corrected chi connectivity index (χ3v) is 3.75. The van der Waals surface area contributed by atoms with E-state index in [4.69, 9.17) is 4.84 Å². The van der Waals surface area contributed by atoms with Gasteiger partial charge in [0.05, 0.1) is 16.9 Å². The molecule has 0 fully saturated rings. The molecule has 150 valence electrons. The smallest absolute Gasteiger partial charge is 0.355 e. The molecular weight excluding hydrogens is 386 g/mol. The van der Waals surface area contributed by atoms with Crippen LogP contribution in [-0.4, -0.2) is 22.1 Å². The maximum absolute atomic E-state index is 12.0. The van der Waals surface area contributed by atoms with Crippen LogP contribution >= 0.6 is 0 Å². The molecule has 0 bridgehead atoms. The fourth-order valence-electron chi connectivity index (χ4n) is 2.35. The second kappa shape index (κ2) is 9.65. The summed E-state index contributed by atoms with van der Waals surface area (Å²) in [5, 5.41) is 26.2. The molecule has 1 amide bonds. The number of amides is 1. The highest BCUT2D eigenvalue weighted by Gasteiger charge is 2.07. The summed E-state index contributed by atoms with van der Waals surface area (Å²) < 4.78 is 0. The van der Waals surface area contributed by atoms with Crippen molar-refractivity contribution in [2.24, 2.45) is 10.2 Å². The molecule has 0 aromatic heterocycles. The van der Waals surface area contributed by atoms with Gasteiger partial charge in [-0.1, -0.05) is 30.3 Å². The molecule has 0 spiro atoms. The molecule has 3 N–H and O–H groups in total. The molecule has 3 aromatic rings. The van der Waals surface area contributed by atoms with Crippen molar-refractivity contribution in [1.29, 1.82) is 0 Å². The van der Waals surface area contributed by atoms with E-state index in [1.807, 2.05) is 30.3 Å². The molecule has 8 heteroatoms. The molecule has 0 radical (unpaired) electrons. The lowest BCUT2D eigenvalue weighted by Gasteiger charge is -2.04. The van der Waals surface area contributed by atoms with E-state index in [1.54, 1.807) is 30.3 Å². The van der Waals surface area contributed by atoms with Crippen LogP contribution in [0.1, 0.15) is 15.9 Å². The van der Waals surface area contributed by atoms with Gasteiger partial charge in [-0.3, -0.25) is 4.79 Å². The predicted octanol–water partition coefficient (Wildman–Crippen LogP) is 4.61. The van der Waals surface area contributed by atoms with E-state index in [2.05, 4.69) is 15.7 Å². The summed E-state index contributed by atoms with van der Waals surface area (Å²) in [7, 11) is 0. The average molecular weight is 403 g/mol. The summed E-state index contributed by atoms with van der Waals surface area (Å²) in [6.07, 6.45) is 2.94. The van der Waals surface area contributed by atoms with Crippen LogP contribution < -0.4 is 5.48 Å². The number of aromatic hydroxyl groups is 2. The number of anilines is 1. The third-order valence-electron chi connectivity index (χ3n) is 3.75. The summed E-state index contributed by atoms with van der Waals surface area (Å²) in [5.41, 5.74) is 4.28. The van der Waals surface area contributed by atoms with Gasteiger partial charge >= 0.3 is 5.97 Å². The SMILES string of the molecule is O=C(C=Cc1ccccc1)ONc1ccc(N=NC(=O)c2cc(O)cc(O)c2)cc1. The lowest BCUT2D eigenvalue weighted by Crippen LogP contribution is -2.07. The molecule has 30 heavy (non-hydrogen) atoms. The van der Waals surface area contributed by atoms with Crippen LogP contribution in [0, 0.1) is 0 Å². The van der Waals surface area contributed by atoms with Crippen molar-refractivity contribution in [3.05, 3.63) is 90.0 Å². The number of nitrogens with one attached hydrogen (secondary N) is 1. The quantitative estimate of drug-likeness (QED) is 0.314. The summed E-state index contributed by atoms with van der Waals surface area (Å²) in [4.78, 5) is 28.6. The minimum Gasteiger partial charge on any atom is -0.508 e. The van der Waals surface area contributed by atoms with E-state index >= 15 is 0 Å². The highest BCUT2D eigenvalue weighted by Crippen LogP contribution is 2.22. The number of azo groups is 1. The lowest BCUT2D eigenvalue weighted by molar-refractivity contribution is -0.134. The molecule has 0 aliphatic carbocycles. The van der Waals surface area contributed by atoms with Crippen LogP contribution in [0.5, 0.6) is 11.5 Å². The van der Waals surface area contributed by atoms with E-state index in [1.165, 1.54) is 18.2 Å². The Morgan fingerprint density at radius 3 is 2.23 bits per heavy atom. The zero-order valence-electron chi connectivity index (χ0n) is 15.6. The molecule has 0 unspecified atom stereocenters. The first-order valence-electron chi connectivity index (χ1n) is 8.79. The van der Waals surface area contributed by atoms with Gasteiger partial charge in [0.2, 0.25) is 0 Å². The summed E-state index contributed by atoms with van der Waals surface area (Å²) in [6, 6.07) is 19.1. The van der Waals surface area contributed by atoms with Gasteiger partial charge in [-0.15, -0.1) is 10.2 Å². The van der Waals surface area contributed by atoms with E-state index in [0.29, 0.717) is 11.4 Å². The number of hydrogen-bond donors (Lipinski definition) is 3. The van der Waals surface area contributed by atoms with Crippen LogP contribution in [0.2, 0.25) is 0 Å². The van der Waals surface area contributed by atoms with E-state index in [0.717, 1.165) is 11.6 Å². The lowest BCUT2D eigenvalue weighted by atomic mass is 10.2. The number of hydrogen-bond acceptors (Lipinski definition) is 7. The minimum atomic E-state index is -0.720. The van der Waals surface area contributed by atoms with Gasteiger partial charge < -0.3 is 15.1 Å². The number of carbonyl (C=O) groups excluding carboxylic acids is 2. The Kier molecular flexibility index (Phi) is 6.52. The van der Waals surface area contributed by atoms with Crippen molar-refractivity contribution in [3.63, 3.8) is 0 Å². The number of carbonyl (C=O) groups is 2. The van der Waals surface area contributed by atoms with Crippen LogP contribution in [-0.2, 0) is 9.63 Å². The Bertz CT molecular complexity index is 1070. The Hall–Kier alpha value is -4.46. The van der Waals surface area contributed by atoms with Crippen LogP contribution in [0.3, 0.4) is 0 Å². The van der Waals surface area contributed by atoms with Crippen molar-refractivity contribution in [2.75, 3.05) is 5.48 Å². The highest BCUT2D eigenvalue weighted by atomic mass is 16.7. The summed E-state index contributed by atoms with van der Waals surface area (Å²) in [5.74, 6) is -1.79. The molecule has 3 aromatic carbocycles. The van der Waals surface area contributed by atoms with Crippen molar-refractivity contribution < 1.29 is 24.6 Å². The number of phenols is 2. The van der Waals surface area contributed by atoms with Crippen molar-refractivity contribution in [3.8, 4) is 11.5 Å². The second-order valence-corrected chi connectivity index (χ2v) is 6.06. The maximum Gasteiger partial charge on any atom is 0.355 e. The fraction of sp³-hybridized carbons (Fsp3) is 0. The van der Waals surface area contributed by atoms with Gasteiger partial charge in [-0.05, 0) is 48.0 Å². The van der Waals surface area contributed by atoms with Crippen molar-refractivity contribution in [2.45, 2.75) is 0 Å². The van der Waals surface area contributed by atoms with Gasteiger partial charge in [0.15, 0.2) is 0 Å². The largest absolute Gasteiger partial charge is 0.508 e. The topological polar surface area (TPSA) is 121 Å². The molecule has 0 saturated carbocycles. The zero-order valence-corrected chi connectivity index (χ0v) is 15.6. The fourth-order valence-corrected chi connectivity index (χ4v) is 2.35. The van der Waals surface area contributed by atoms with Crippen molar-refractivity contribution in [1.82, 2.24) is 0 Å². The first-order chi connectivity index (χ1) is 14.5. The Morgan fingerprint density at radius 2 is 1.57 bits per heavy atom. The van der Waals surface area contributed by atoms with Gasteiger partial charge in [-0.2, -0.15) is 0 Å². The molecule has 0 saturated heterocycles. The van der Waals surface area contributed by atoms with Crippen LogP contribution in [0.15, 0.2) is 89.1 Å². The summed E-state index contributed by atoms with van der Waals surface area (Å²) >= 11 is 0. The molecule has 0 heterocycles. The number of nitrogens with zero attached hydrogens (tertiary/aromatic N) is 2. The Labute approximate surface area is 171 Å². The molecule has 3 rings (SSSR count).